The first-order valence-electron chi connectivity index (χ1n) is 4.26. The summed E-state index contributed by atoms with van der Waals surface area (Å²) in [5, 5.41) is 0.184. The van der Waals surface area contributed by atoms with Crippen molar-refractivity contribution in [3.05, 3.63) is 18.9 Å². The fraction of sp³-hybridized carbons (Fsp3) is 0.500. The zero-order chi connectivity index (χ0) is 10.8. The van der Waals surface area contributed by atoms with Gasteiger partial charge in [0.05, 0.1) is 6.20 Å². The first-order valence-corrected chi connectivity index (χ1v) is 5.74. The topological polar surface area (TPSA) is 64.0 Å². The summed E-state index contributed by atoms with van der Waals surface area (Å²) < 4.78 is 27.2. The molecule has 1 radical (unpaired) electrons. The molecule has 0 spiro atoms. The van der Waals surface area contributed by atoms with E-state index >= 15 is 0 Å². The van der Waals surface area contributed by atoms with Gasteiger partial charge in [-0.25, -0.2) is 18.1 Å². The number of aromatic nitrogens is 2. The summed E-state index contributed by atoms with van der Waals surface area (Å²) in [6, 6.07) is 0. The third-order valence-corrected chi connectivity index (χ3v) is 3.44. The van der Waals surface area contributed by atoms with Crippen molar-refractivity contribution in [1.82, 2.24) is 14.3 Å². The van der Waals surface area contributed by atoms with E-state index < -0.39 is 10.0 Å². The van der Waals surface area contributed by atoms with Gasteiger partial charge in [-0.15, -0.1) is 0 Å². The zero-order valence-corrected chi connectivity index (χ0v) is 9.13. The average Bonchev–Trinajstić information content (AvgIpc) is 2.45. The quantitative estimate of drug-likeness (QED) is 0.783. The summed E-state index contributed by atoms with van der Waals surface area (Å²) in [4.78, 5) is 3.92. The van der Waals surface area contributed by atoms with Crippen molar-refractivity contribution in [3.8, 4) is 0 Å². The van der Waals surface area contributed by atoms with Crippen molar-refractivity contribution < 1.29 is 8.42 Å². The molecule has 0 unspecified atom stereocenters. The van der Waals surface area contributed by atoms with E-state index in [0.29, 0.717) is 18.8 Å². The Balaban J connectivity index is 2.99. The van der Waals surface area contributed by atoms with Crippen molar-refractivity contribution in [2.45, 2.75) is 18.4 Å². The molecule has 0 aliphatic heterocycles. The molecule has 0 amide bonds. The smallest absolute Gasteiger partial charge is 0.257 e. The SMILES string of the molecule is [CH2]CCNS(=O)(=O)c1cnc(C)n1C. The highest BCUT2D eigenvalue weighted by atomic mass is 32.2. The Hall–Kier alpha value is -0.880. The van der Waals surface area contributed by atoms with E-state index in [9.17, 15) is 8.42 Å². The Kier molecular flexibility index (Phi) is 3.28. The van der Waals surface area contributed by atoms with Crippen LogP contribution >= 0.6 is 0 Å². The van der Waals surface area contributed by atoms with Crippen LogP contribution in [0, 0.1) is 13.8 Å². The maximum Gasteiger partial charge on any atom is 0.257 e. The van der Waals surface area contributed by atoms with Crippen LogP contribution in [-0.2, 0) is 17.1 Å². The number of rotatable bonds is 4. The lowest BCUT2D eigenvalue weighted by atomic mass is 10.5. The maximum absolute atomic E-state index is 11.6. The summed E-state index contributed by atoms with van der Waals surface area (Å²) in [6.45, 7) is 5.65. The lowest BCUT2D eigenvalue weighted by Crippen LogP contribution is -2.26. The van der Waals surface area contributed by atoms with Crippen LogP contribution in [0.3, 0.4) is 0 Å². The van der Waals surface area contributed by atoms with Gasteiger partial charge in [-0.05, 0) is 13.3 Å². The standard InChI is InChI=1S/C8H14N3O2S/c1-4-5-10-14(12,13)8-6-9-7(2)11(8)3/h6,10H,1,4-5H2,2-3H3. The van der Waals surface area contributed by atoms with Gasteiger partial charge < -0.3 is 4.57 Å². The molecule has 0 saturated heterocycles. The summed E-state index contributed by atoms with van der Waals surface area (Å²) in [7, 11) is -1.75. The molecule has 0 aliphatic rings. The number of hydrogen-bond acceptors (Lipinski definition) is 3. The normalized spacial score (nSPS) is 11.9. The van der Waals surface area contributed by atoms with Crippen LogP contribution in [0.5, 0.6) is 0 Å². The van der Waals surface area contributed by atoms with Gasteiger partial charge in [-0.1, -0.05) is 6.92 Å². The lowest BCUT2D eigenvalue weighted by Gasteiger charge is -2.05. The molecule has 0 atom stereocenters. The van der Waals surface area contributed by atoms with Crippen molar-refractivity contribution >= 4 is 10.0 Å². The minimum atomic E-state index is -3.42. The van der Waals surface area contributed by atoms with Gasteiger partial charge in [0.15, 0.2) is 5.03 Å². The number of nitrogens with zero attached hydrogens (tertiary/aromatic N) is 2. The van der Waals surface area contributed by atoms with Crippen LogP contribution in [0.4, 0.5) is 0 Å². The molecule has 0 saturated carbocycles. The van der Waals surface area contributed by atoms with Gasteiger partial charge in [-0.3, -0.25) is 0 Å². The molecule has 1 N–H and O–H groups in total. The summed E-state index contributed by atoms with van der Waals surface area (Å²) in [6.07, 6.45) is 1.87. The van der Waals surface area contributed by atoms with E-state index in [4.69, 9.17) is 0 Å². The molecular formula is C8H14N3O2S. The first-order chi connectivity index (χ1) is 6.49. The molecule has 1 heterocycles. The number of hydrogen-bond donors (Lipinski definition) is 1. The average molecular weight is 216 g/mol. The van der Waals surface area contributed by atoms with Crippen LogP contribution in [0.1, 0.15) is 12.2 Å². The van der Waals surface area contributed by atoms with Gasteiger partial charge in [0.2, 0.25) is 0 Å². The van der Waals surface area contributed by atoms with Crippen molar-refractivity contribution in [3.63, 3.8) is 0 Å². The largest absolute Gasteiger partial charge is 0.321 e. The predicted molar refractivity (Wildman–Crippen MR) is 53.1 cm³/mol. The number of imidazole rings is 1. The fourth-order valence-electron chi connectivity index (χ4n) is 1.01. The molecule has 14 heavy (non-hydrogen) atoms. The van der Waals surface area contributed by atoms with Gasteiger partial charge in [0, 0.05) is 13.6 Å². The van der Waals surface area contributed by atoms with Crippen molar-refractivity contribution in [2.24, 2.45) is 7.05 Å². The van der Waals surface area contributed by atoms with Gasteiger partial charge in [0.1, 0.15) is 5.82 Å². The van der Waals surface area contributed by atoms with Crippen LogP contribution in [0.25, 0.3) is 0 Å². The molecule has 79 valence electrons. The Morgan fingerprint density at radius 1 is 1.64 bits per heavy atom. The summed E-state index contributed by atoms with van der Waals surface area (Å²) in [5.41, 5.74) is 0. The van der Waals surface area contributed by atoms with Crippen LogP contribution in [-0.4, -0.2) is 24.5 Å². The van der Waals surface area contributed by atoms with Crippen LogP contribution < -0.4 is 4.72 Å². The molecule has 0 fully saturated rings. The van der Waals surface area contributed by atoms with E-state index in [1.54, 1.807) is 14.0 Å². The maximum atomic E-state index is 11.6. The second-order valence-corrected chi connectivity index (χ2v) is 4.67. The van der Waals surface area contributed by atoms with Crippen LogP contribution in [0.15, 0.2) is 11.2 Å². The molecule has 1 aromatic rings. The van der Waals surface area contributed by atoms with E-state index in [-0.39, 0.29) is 5.03 Å². The highest BCUT2D eigenvalue weighted by Gasteiger charge is 2.18. The van der Waals surface area contributed by atoms with E-state index in [0.717, 1.165) is 0 Å². The van der Waals surface area contributed by atoms with Gasteiger partial charge >= 0.3 is 0 Å². The Morgan fingerprint density at radius 3 is 2.71 bits per heavy atom. The third-order valence-electron chi connectivity index (χ3n) is 1.92. The van der Waals surface area contributed by atoms with Crippen molar-refractivity contribution in [1.29, 1.82) is 0 Å². The first kappa shape index (κ1) is 11.2. The molecule has 1 rings (SSSR count). The Labute approximate surface area is 84.2 Å². The Morgan fingerprint density at radius 2 is 2.29 bits per heavy atom. The Bertz CT molecular complexity index is 408. The molecule has 5 nitrogen and oxygen atoms in total. The number of nitrogens with one attached hydrogen (secondary N) is 1. The zero-order valence-electron chi connectivity index (χ0n) is 8.32. The third kappa shape index (κ3) is 2.13. The van der Waals surface area contributed by atoms with E-state index in [1.165, 1.54) is 10.8 Å². The minimum Gasteiger partial charge on any atom is -0.321 e. The van der Waals surface area contributed by atoms with E-state index in [1.807, 2.05) is 0 Å². The van der Waals surface area contributed by atoms with Crippen LogP contribution in [0.2, 0.25) is 0 Å². The molecule has 6 heteroatoms. The number of sulfonamides is 1. The predicted octanol–water partition coefficient (Wildman–Crippen LogP) is 0.231. The highest BCUT2D eigenvalue weighted by Crippen LogP contribution is 2.08. The van der Waals surface area contributed by atoms with Crippen molar-refractivity contribution in [2.75, 3.05) is 6.54 Å². The molecule has 0 bridgehead atoms. The molecular weight excluding hydrogens is 202 g/mol. The minimum absolute atomic E-state index is 0.184. The summed E-state index contributed by atoms with van der Waals surface area (Å²) >= 11 is 0. The van der Waals surface area contributed by atoms with E-state index in [2.05, 4.69) is 16.6 Å². The number of aryl methyl sites for hydroxylation is 1. The fourth-order valence-corrected chi connectivity index (χ4v) is 2.26. The molecule has 0 aromatic carbocycles. The van der Waals surface area contributed by atoms with Gasteiger partial charge in [0.25, 0.3) is 10.0 Å². The second kappa shape index (κ2) is 4.10. The molecule has 1 aromatic heterocycles. The monoisotopic (exact) mass is 216 g/mol. The van der Waals surface area contributed by atoms with Gasteiger partial charge in [-0.2, -0.15) is 0 Å². The highest BCUT2D eigenvalue weighted by molar-refractivity contribution is 7.89. The summed E-state index contributed by atoms with van der Waals surface area (Å²) in [5.74, 6) is 0.667. The second-order valence-electron chi connectivity index (χ2n) is 2.95. The lowest BCUT2D eigenvalue weighted by molar-refractivity contribution is 0.570. The molecule has 0 aliphatic carbocycles.